The maximum atomic E-state index is 11.1. The van der Waals surface area contributed by atoms with Gasteiger partial charge < -0.3 is 14.8 Å². The van der Waals surface area contributed by atoms with Gasteiger partial charge in [0, 0.05) is 25.3 Å². The number of aryl methyl sites for hydroxylation is 2. The zero-order chi connectivity index (χ0) is 15.2. The zero-order valence-electron chi connectivity index (χ0n) is 12.1. The van der Waals surface area contributed by atoms with Gasteiger partial charge in [-0.15, -0.1) is 0 Å². The Morgan fingerprint density at radius 1 is 1.38 bits per heavy atom. The topological polar surface area (TPSA) is 75.3 Å². The number of aliphatic hydroxyl groups is 1. The van der Waals surface area contributed by atoms with Crippen molar-refractivity contribution in [2.24, 2.45) is 0 Å². The summed E-state index contributed by atoms with van der Waals surface area (Å²) >= 11 is 1.79. The minimum atomic E-state index is -0.917. The minimum Gasteiger partial charge on any atom is -0.478 e. The van der Waals surface area contributed by atoms with Crippen molar-refractivity contribution in [2.45, 2.75) is 26.3 Å². The van der Waals surface area contributed by atoms with Gasteiger partial charge in [0.05, 0.1) is 16.6 Å². The van der Waals surface area contributed by atoms with E-state index in [9.17, 15) is 4.79 Å². The van der Waals surface area contributed by atoms with E-state index in [1.165, 1.54) is 0 Å². The van der Waals surface area contributed by atoms with Crippen LogP contribution in [0.3, 0.4) is 0 Å². The number of carboxylic acid groups (broad SMARTS) is 1. The molecule has 0 spiro atoms. The highest BCUT2D eigenvalue weighted by atomic mass is 32.2. The molecule has 0 amide bonds. The summed E-state index contributed by atoms with van der Waals surface area (Å²) in [6, 6.07) is 5.06. The van der Waals surface area contributed by atoms with E-state index in [1.54, 1.807) is 30.0 Å². The second-order valence-electron chi connectivity index (χ2n) is 4.73. The number of aliphatic hydroxyl groups excluding tert-OH is 1. The molecular formula is C15H20N2O3S. The van der Waals surface area contributed by atoms with Crippen LogP contribution in [0.1, 0.15) is 29.5 Å². The van der Waals surface area contributed by atoms with E-state index in [0.29, 0.717) is 5.56 Å². The fourth-order valence-electron chi connectivity index (χ4n) is 2.25. The van der Waals surface area contributed by atoms with Gasteiger partial charge in [-0.3, -0.25) is 0 Å². The number of benzene rings is 1. The summed E-state index contributed by atoms with van der Waals surface area (Å²) < 4.78 is 2.10. The van der Waals surface area contributed by atoms with E-state index in [-0.39, 0.29) is 6.61 Å². The van der Waals surface area contributed by atoms with Gasteiger partial charge in [-0.05, 0) is 30.4 Å². The van der Waals surface area contributed by atoms with Crippen LogP contribution in [0.25, 0.3) is 11.0 Å². The summed E-state index contributed by atoms with van der Waals surface area (Å²) in [7, 11) is 0. The van der Waals surface area contributed by atoms with Gasteiger partial charge in [0.25, 0.3) is 0 Å². The number of hydrogen-bond donors (Lipinski definition) is 2. The number of carboxylic acids is 1. The van der Waals surface area contributed by atoms with Crippen LogP contribution in [0.4, 0.5) is 0 Å². The standard InChI is InChI=1S/C15H20N2O3S/c1-2-14-16-12-5-4-11(15(19)20)10-13(12)17(14)6-9-21-8-3-7-18/h4-5,10,18H,2-3,6-9H2,1H3,(H,19,20). The lowest BCUT2D eigenvalue weighted by Gasteiger charge is -2.08. The molecule has 114 valence electrons. The first-order valence-electron chi connectivity index (χ1n) is 7.08. The first-order chi connectivity index (χ1) is 10.2. The van der Waals surface area contributed by atoms with Gasteiger partial charge in [-0.2, -0.15) is 11.8 Å². The Hall–Kier alpha value is -1.53. The largest absolute Gasteiger partial charge is 0.478 e. The Bertz CT molecular complexity index is 625. The molecule has 1 aromatic carbocycles. The molecule has 2 rings (SSSR count). The van der Waals surface area contributed by atoms with Crippen molar-refractivity contribution < 1.29 is 15.0 Å². The third kappa shape index (κ3) is 3.77. The molecule has 0 aliphatic heterocycles. The Labute approximate surface area is 128 Å². The van der Waals surface area contributed by atoms with Crippen LogP contribution in [0, 0.1) is 0 Å². The lowest BCUT2D eigenvalue weighted by atomic mass is 10.2. The molecule has 5 nitrogen and oxygen atoms in total. The SMILES string of the molecule is CCc1nc2ccc(C(=O)O)cc2n1CCSCCCO. The number of carbonyl (C=O) groups is 1. The predicted molar refractivity (Wildman–Crippen MR) is 85.1 cm³/mol. The van der Waals surface area contributed by atoms with Gasteiger partial charge >= 0.3 is 5.97 Å². The molecule has 0 fully saturated rings. The summed E-state index contributed by atoms with van der Waals surface area (Å²) in [5, 5.41) is 17.9. The number of aromatic nitrogens is 2. The van der Waals surface area contributed by atoms with Gasteiger partial charge in [0.15, 0.2) is 0 Å². The number of thioether (sulfide) groups is 1. The van der Waals surface area contributed by atoms with Crippen molar-refractivity contribution in [1.82, 2.24) is 9.55 Å². The van der Waals surface area contributed by atoms with Crippen LogP contribution in [0.2, 0.25) is 0 Å². The highest BCUT2D eigenvalue weighted by Crippen LogP contribution is 2.19. The molecule has 0 unspecified atom stereocenters. The Morgan fingerprint density at radius 2 is 2.19 bits per heavy atom. The molecule has 0 bridgehead atoms. The molecule has 21 heavy (non-hydrogen) atoms. The molecule has 2 aromatic rings. The molecule has 0 aliphatic rings. The van der Waals surface area contributed by atoms with E-state index in [2.05, 4.69) is 16.5 Å². The first kappa shape index (κ1) is 15.9. The third-order valence-electron chi connectivity index (χ3n) is 3.30. The number of aromatic carboxylic acids is 1. The Morgan fingerprint density at radius 3 is 2.86 bits per heavy atom. The zero-order valence-corrected chi connectivity index (χ0v) is 12.9. The second-order valence-corrected chi connectivity index (χ2v) is 5.96. The average Bonchev–Trinajstić information content (AvgIpc) is 2.84. The molecule has 6 heteroatoms. The third-order valence-corrected chi connectivity index (χ3v) is 4.35. The van der Waals surface area contributed by atoms with Gasteiger partial charge in [0.1, 0.15) is 5.82 Å². The lowest BCUT2D eigenvalue weighted by molar-refractivity contribution is 0.0697. The number of nitrogens with zero attached hydrogens (tertiary/aromatic N) is 2. The van der Waals surface area contributed by atoms with Crippen molar-refractivity contribution >= 4 is 28.8 Å². The second kappa shape index (κ2) is 7.47. The van der Waals surface area contributed by atoms with Crippen molar-refractivity contribution in [3.05, 3.63) is 29.6 Å². The first-order valence-corrected chi connectivity index (χ1v) is 8.24. The molecule has 1 heterocycles. The molecule has 0 saturated heterocycles. The molecular weight excluding hydrogens is 288 g/mol. The van der Waals surface area contributed by atoms with E-state index < -0.39 is 5.97 Å². The highest BCUT2D eigenvalue weighted by molar-refractivity contribution is 7.99. The van der Waals surface area contributed by atoms with Crippen LogP contribution < -0.4 is 0 Å². The number of hydrogen-bond acceptors (Lipinski definition) is 4. The van der Waals surface area contributed by atoms with Crippen molar-refractivity contribution in [1.29, 1.82) is 0 Å². The van der Waals surface area contributed by atoms with E-state index in [1.807, 2.05) is 0 Å². The maximum Gasteiger partial charge on any atom is 0.335 e. The normalized spacial score (nSPS) is 11.1. The average molecular weight is 308 g/mol. The monoisotopic (exact) mass is 308 g/mol. The van der Waals surface area contributed by atoms with Crippen LogP contribution >= 0.6 is 11.8 Å². The maximum absolute atomic E-state index is 11.1. The number of rotatable bonds is 8. The van der Waals surface area contributed by atoms with Gasteiger partial charge in [-0.25, -0.2) is 9.78 Å². The Balaban J connectivity index is 2.22. The summed E-state index contributed by atoms with van der Waals surface area (Å²) in [5.41, 5.74) is 2.02. The van der Waals surface area contributed by atoms with Crippen molar-refractivity contribution in [2.75, 3.05) is 18.1 Å². The van der Waals surface area contributed by atoms with E-state index in [4.69, 9.17) is 10.2 Å². The minimum absolute atomic E-state index is 0.225. The fraction of sp³-hybridized carbons (Fsp3) is 0.467. The highest BCUT2D eigenvalue weighted by Gasteiger charge is 2.12. The smallest absolute Gasteiger partial charge is 0.335 e. The molecule has 0 radical (unpaired) electrons. The number of imidazole rings is 1. The summed E-state index contributed by atoms with van der Waals surface area (Å²) in [6.07, 6.45) is 1.62. The summed E-state index contributed by atoms with van der Waals surface area (Å²) in [4.78, 5) is 15.7. The van der Waals surface area contributed by atoms with Crippen LogP contribution in [0.5, 0.6) is 0 Å². The molecule has 0 aliphatic carbocycles. The molecule has 2 N–H and O–H groups in total. The molecule has 0 saturated carbocycles. The van der Waals surface area contributed by atoms with Crippen LogP contribution in [-0.4, -0.2) is 43.8 Å². The predicted octanol–water partition coefficient (Wildman–Crippen LogP) is 2.41. The Kier molecular flexibility index (Phi) is 5.64. The quantitative estimate of drug-likeness (QED) is 0.733. The van der Waals surface area contributed by atoms with Crippen LogP contribution in [0.15, 0.2) is 18.2 Å². The van der Waals surface area contributed by atoms with E-state index in [0.717, 1.165) is 47.7 Å². The molecule has 0 atom stereocenters. The van der Waals surface area contributed by atoms with Crippen LogP contribution in [-0.2, 0) is 13.0 Å². The van der Waals surface area contributed by atoms with Crippen molar-refractivity contribution in [3.8, 4) is 0 Å². The van der Waals surface area contributed by atoms with E-state index >= 15 is 0 Å². The van der Waals surface area contributed by atoms with Crippen molar-refractivity contribution in [3.63, 3.8) is 0 Å². The summed E-state index contributed by atoms with van der Waals surface area (Å²) in [5.74, 6) is 1.93. The van der Waals surface area contributed by atoms with Gasteiger partial charge in [-0.1, -0.05) is 6.92 Å². The summed E-state index contributed by atoms with van der Waals surface area (Å²) in [6.45, 7) is 3.08. The van der Waals surface area contributed by atoms with Gasteiger partial charge in [0.2, 0.25) is 0 Å². The molecule has 1 aromatic heterocycles. The lowest BCUT2D eigenvalue weighted by Crippen LogP contribution is -2.06. The number of fused-ring (bicyclic) bond motifs is 1. The fourth-order valence-corrected chi connectivity index (χ4v) is 3.10.